The van der Waals surface area contributed by atoms with E-state index < -0.39 is 5.60 Å². The Morgan fingerprint density at radius 3 is 2.69 bits per heavy atom. The summed E-state index contributed by atoms with van der Waals surface area (Å²) in [6.45, 7) is 4.21. The van der Waals surface area contributed by atoms with Crippen LogP contribution in [0.15, 0.2) is 5.38 Å². The summed E-state index contributed by atoms with van der Waals surface area (Å²) in [5.41, 5.74) is 0.402. The van der Waals surface area contributed by atoms with Crippen LogP contribution in [0.3, 0.4) is 0 Å². The first-order chi connectivity index (χ1) is 6.04. The minimum Gasteiger partial charge on any atom is -0.389 e. The number of nitrogens with zero attached hydrogens (tertiary/aromatic N) is 2. The lowest BCUT2D eigenvalue weighted by Crippen LogP contribution is -2.55. The molecule has 0 saturated heterocycles. The highest BCUT2D eigenvalue weighted by molar-refractivity contribution is 7.03. The fourth-order valence-electron chi connectivity index (χ4n) is 1.80. The largest absolute Gasteiger partial charge is 0.389 e. The molecule has 0 aliphatic heterocycles. The van der Waals surface area contributed by atoms with Crippen LogP contribution in [0.2, 0.25) is 0 Å². The maximum Gasteiger partial charge on any atom is 0.0784 e. The molecule has 1 aliphatic carbocycles. The minimum absolute atomic E-state index is 0.0383. The lowest BCUT2D eigenvalue weighted by Gasteiger charge is -2.52. The molecular formula is C9H14N2OS. The van der Waals surface area contributed by atoms with Crippen LogP contribution >= 0.6 is 11.5 Å². The van der Waals surface area contributed by atoms with Gasteiger partial charge in [0.25, 0.3) is 0 Å². The van der Waals surface area contributed by atoms with Gasteiger partial charge in [-0.1, -0.05) is 18.3 Å². The molecule has 0 radical (unpaired) electrons. The van der Waals surface area contributed by atoms with Gasteiger partial charge in [-0.05, 0) is 29.8 Å². The SMILES string of the molecule is CC1(C)CCC1(O)Cc1csnn1. The van der Waals surface area contributed by atoms with Gasteiger partial charge in [-0.15, -0.1) is 5.10 Å². The number of rotatable bonds is 2. The predicted molar refractivity (Wildman–Crippen MR) is 51.6 cm³/mol. The van der Waals surface area contributed by atoms with Crippen molar-refractivity contribution in [1.82, 2.24) is 9.59 Å². The van der Waals surface area contributed by atoms with Crippen molar-refractivity contribution in [3.8, 4) is 0 Å². The van der Waals surface area contributed by atoms with E-state index in [2.05, 4.69) is 23.4 Å². The molecule has 3 nitrogen and oxygen atoms in total. The molecule has 1 N–H and O–H groups in total. The van der Waals surface area contributed by atoms with Crippen LogP contribution in [0.5, 0.6) is 0 Å². The first kappa shape index (κ1) is 9.09. The molecule has 1 atom stereocenters. The van der Waals surface area contributed by atoms with Crippen molar-refractivity contribution >= 4 is 11.5 Å². The molecule has 0 bridgehead atoms. The molecule has 72 valence electrons. The standard InChI is InChI=1S/C9H14N2OS/c1-8(2)3-4-9(8,12)5-7-6-13-11-10-7/h6,12H,3-5H2,1-2H3. The summed E-state index contributed by atoms with van der Waals surface area (Å²) < 4.78 is 3.79. The van der Waals surface area contributed by atoms with E-state index >= 15 is 0 Å². The predicted octanol–water partition coefficient (Wildman–Crippen LogP) is 1.63. The second-order valence-corrected chi connectivity index (χ2v) is 5.10. The van der Waals surface area contributed by atoms with E-state index in [-0.39, 0.29) is 5.41 Å². The first-order valence-corrected chi connectivity index (χ1v) is 5.35. The number of aromatic nitrogens is 2. The summed E-state index contributed by atoms with van der Waals surface area (Å²) in [5.74, 6) is 0. The van der Waals surface area contributed by atoms with Gasteiger partial charge in [0.05, 0.1) is 11.3 Å². The molecular weight excluding hydrogens is 184 g/mol. The summed E-state index contributed by atoms with van der Waals surface area (Å²) in [7, 11) is 0. The Morgan fingerprint density at radius 1 is 1.54 bits per heavy atom. The lowest BCUT2D eigenvalue weighted by atomic mass is 9.57. The molecule has 1 aromatic rings. The fourth-order valence-corrected chi connectivity index (χ4v) is 2.25. The molecule has 1 saturated carbocycles. The Morgan fingerprint density at radius 2 is 2.31 bits per heavy atom. The highest BCUT2D eigenvalue weighted by atomic mass is 32.1. The maximum atomic E-state index is 10.2. The van der Waals surface area contributed by atoms with Crippen molar-refractivity contribution < 1.29 is 5.11 Å². The van der Waals surface area contributed by atoms with Gasteiger partial charge < -0.3 is 5.11 Å². The van der Waals surface area contributed by atoms with Crippen molar-refractivity contribution in [3.63, 3.8) is 0 Å². The van der Waals surface area contributed by atoms with Crippen LogP contribution in [0.25, 0.3) is 0 Å². The zero-order chi connectivity index (χ0) is 9.53. The van der Waals surface area contributed by atoms with Gasteiger partial charge in [0.15, 0.2) is 0 Å². The summed E-state index contributed by atoms with van der Waals surface area (Å²) >= 11 is 1.34. The lowest BCUT2D eigenvalue weighted by molar-refractivity contribution is -0.147. The van der Waals surface area contributed by atoms with E-state index in [4.69, 9.17) is 0 Å². The van der Waals surface area contributed by atoms with E-state index in [0.29, 0.717) is 6.42 Å². The second kappa shape index (κ2) is 2.75. The molecule has 4 heteroatoms. The summed E-state index contributed by atoms with van der Waals surface area (Å²) in [6, 6.07) is 0. The first-order valence-electron chi connectivity index (χ1n) is 4.52. The average molecular weight is 198 g/mol. The van der Waals surface area contributed by atoms with Crippen LogP contribution in [-0.2, 0) is 6.42 Å². The second-order valence-electron chi connectivity index (χ2n) is 4.49. The van der Waals surface area contributed by atoms with E-state index in [1.807, 2.05) is 5.38 Å². The smallest absolute Gasteiger partial charge is 0.0784 e. The van der Waals surface area contributed by atoms with Gasteiger partial charge in [0, 0.05) is 11.8 Å². The average Bonchev–Trinajstić information content (AvgIpc) is 2.55. The zero-order valence-electron chi connectivity index (χ0n) is 7.95. The van der Waals surface area contributed by atoms with Gasteiger partial charge in [0.2, 0.25) is 0 Å². The molecule has 1 aliphatic rings. The van der Waals surface area contributed by atoms with Crippen LogP contribution in [-0.4, -0.2) is 20.3 Å². The monoisotopic (exact) mass is 198 g/mol. The Hall–Kier alpha value is -0.480. The van der Waals surface area contributed by atoms with Crippen LogP contribution < -0.4 is 0 Å². The van der Waals surface area contributed by atoms with Crippen LogP contribution in [0.4, 0.5) is 0 Å². The molecule has 2 rings (SSSR count). The van der Waals surface area contributed by atoms with Crippen LogP contribution in [0.1, 0.15) is 32.4 Å². The number of hydrogen-bond donors (Lipinski definition) is 1. The zero-order valence-corrected chi connectivity index (χ0v) is 8.77. The summed E-state index contributed by atoms with van der Waals surface area (Å²) in [4.78, 5) is 0. The van der Waals surface area contributed by atoms with Gasteiger partial charge in [-0.3, -0.25) is 0 Å². The highest BCUT2D eigenvalue weighted by Gasteiger charge is 2.51. The van der Waals surface area contributed by atoms with Gasteiger partial charge in [0.1, 0.15) is 0 Å². The summed E-state index contributed by atoms with van der Waals surface area (Å²) in [6.07, 6.45) is 2.63. The molecule has 1 unspecified atom stereocenters. The van der Waals surface area contributed by atoms with E-state index in [1.54, 1.807) is 0 Å². The van der Waals surface area contributed by atoms with Crippen molar-refractivity contribution in [3.05, 3.63) is 11.1 Å². The molecule has 1 aromatic heterocycles. The summed E-state index contributed by atoms with van der Waals surface area (Å²) in [5, 5.41) is 16.1. The van der Waals surface area contributed by atoms with Gasteiger partial charge >= 0.3 is 0 Å². The maximum absolute atomic E-state index is 10.2. The third kappa shape index (κ3) is 1.38. The van der Waals surface area contributed by atoms with E-state index in [9.17, 15) is 5.11 Å². The topological polar surface area (TPSA) is 46.0 Å². The molecule has 0 aromatic carbocycles. The molecule has 0 amide bonds. The third-order valence-corrected chi connectivity index (χ3v) is 3.86. The molecule has 1 heterocycles. The van der Waals surface area contributed by atoms with Crippen LogP contribution in [0, 0.1) is 5.41 Å². The molecule has 13 heavy (non-hydrogen) atoms. The molecule has 0 spiro atoms. The third-order valence-electron chi connectivity index (χ3n) is 3.30. The Kier molecular flexibility index (Phi) is 1.92. The van der Waals surface area contributed by atoms with E-state index in [1.165, 1.54) is 11.5 Å². The quantitative estimate of drug-likeness (QED) is 0.785. The van der Waals surface area contributed by atoms with Crippen molar-refractivity contribution in [2.45, 2.75) is 38.7 Å². The van der Waals surface area contributed by atoms with Gasteiger partial charge in [-0.25, -0.2) is 0 Å². The Labute approximate surface area is 82.0 Å². The minimum atomic E-state index is -0.553. The Balaban J connectivity index is 2.10. The molecule has 1 fully saturated rings. The normalized spacial score (nSPS) is 31.3. The van der Waals surface area contributed by atoms with Crippen molar-refractivity contribution in [1.29, 1.82) is 0 Å². The van der Waals surface area contributed by atoms with E-state index in [0.717, 1.165) is 18.5 Å². The Bertz CT molecular complexity index is 297. The number of hydrogen-bond acceptors (Lipinski definition) is 4. The fraction of sp³-hybridized carbons (Fsp3) is 0.778. The van der Waals surface area contributed by atoms with Crippen molar-refractivity contribution in [2.75, 3.05) is 0 Å². The van der Waals surface area contributed by atoms with Crippen molar-refractivity contribution in [2.24, 2.45) is 5.41 Å². The van der Waals surface area contributed by atoms with Gasteiger partial charge in [-0.2, -0.15) is 0 Å². The number of aliphatic hydroxyl groups is 1. The highest BCUT2D eigenvalue weighted by Crippen LogP contribution is 2.50.